The molecular formula is C18H14FN3O5. The summed E-state index contributed by atoms with van der Waals surface area (Å²) in [5.74, 6) is -1.88. The minimum Gasteiger partial charge on any atom is -0.466 e. The Morgan fingerprint density at radius 1 is 1.30 bits per heavy atom. The van der Waals surface area contributed by atoms with Crippen LogP contribution in [0.15, 0.2) is 45.4 Å². The number of rotatable bonds is 3. The monoisotopic (exact) mass is 371 g/mol. The molecule has 1 fully saturated rings. The molecule has 8 nitrogen and oxygen atoms in total. The number of hydrazine groups is 1. The fourth-order valence-corrected chi connectivity index (χ4v) is 3.03. The van der Waals surface area contributed by atoms with Gasteiger partial charge in [0, 0.05) is 10.9 Å². The van der Waals surface area contributed by atoms with Crippen molar-refractivity contribution < 1.29 is 27.6 Å². The third kappa shape index (κ3) is 2.47. The zero-order valence-electron chi connectivity index (χ0n) is 14.3. The number of carbonyl (C=O) groups is 3. The molecule has 1 aliphatic rings. The second-order valence-electron chi connectivity index (χ2n) is 6.31. The number of benzene rings is 1. The topological polar surface area (TPSA) is 105 Å². The van der Waals surface area contributed by atoms with Crippen LogP contribution in [0.3, 0.4) is 0 Å². The van der Waals surface area contributed by atoms with E-state index in [9.17, 15) is 18.8 Å². The van der Waals surface area contributed by atoms with Crippen molar-refractivity contribution in [2.75, 3.05) is 0 Å². The number of imide groups is 1. The average Bonchev–Trinajstić information content (AvgIpc) is 3.32. The van der Waals surface area contributed by atoms with Crippen molar-refractivity contribution in [3.8, 4) is 0 Å². The molecule has 0 unspecified atom stereocenters. The van der Waals surface area contributed by atoms with Crippen LogP contribution in [0.25, 0.3) is 11.0 Å². The predicted molar refractivity (Wildman–Crippen MR) is 89.8 cm³/mol. The summed E-state index contributed by atoms with van der Waals surface area (Å²) in [6.45, 7) is 3.05. The number of furan rings is 2. The van der Waals surface area contributed by atoms with E-state index >= 15 is 0 Å². The van der Waals surface area contributed by atoms with Gasteiger partial charge in [0.2, 0.25) is 0 Å². The molecule has 0 saturated carbocycles. The van der Waals surface area contributed by atoms with E-state index in [0.717, 1.165) is 0 Å². The normalized spacial score (nSPS) is 19.6. The molecule has 2 aromatic heterocycles. The maximum Gasteiger partial charge on any atom is 0.344 e. The van der Waals surface area contributed by atoms with Crippen molar-refractivity contribution in [2.24, 2.45) is 0 Å². The number of halogens is 1. The zero-order chi connectivity index (χ0) is 19.3. The third-order valence-electron chi connectivity index (χ3n) is 4.52. The largest absolute Gasteiger partial charge is 0.466 e. The number of urea groups is 1. The summed E-state index contributed by atoms with van der Waals surface area (Å²) in [5, 5.41) is 3.48. The molecule has 2 N–H and O–H groups in total. The van der Waals surface area contributed by atoms with Gasteiger partial charge in [-0.2, -0.15) is 5.01 Å². The number of carbonyl (C=O) groups excluding carboxylic acids is 3. The van der Waals surface area contributed by atoms with Gasteiger partial charge in [0.15, 0.2) is 11.3 Å². The molecule has 0 aliphatic carbocycles. The molecule has 4 rings (SSSR count). The quantitative estimate of drug-likeness (QED) is 0.689. The van der Waals surface area contributed by atoms with Crippen LogP contribution in [0.4, 0.5) is 9.18 Å². The number of nitrogens with one attached hydrogen (secondary N) is 2. The van der Waals surface area contributed by atoms with Crippen molar-refractivity contribution >= 4 is 28.8 Å². The predicted octanol–water partition coefficient (Wildman–Crippen LogP) is 2.59. The van der Waals surface area contributed by atoms with Crippen molar-refractivity contribution in [1.29, 1.82) is 0 Å². The molecule has 3 heterocycles. The smallest absolute Gasteiger partial charge is 0.344 e. The first kappa shape index (κ1) is 16.8. The van der Waals surface area contributed by atoms with Crippen LogP contribution in [0, 0.1) is 12.7 Å². The summed E-state index contributed by atoms with van der Waals surface area (Å²) in [6.07, 6.45) is 1.37. The fourth-order valence-electron chi connectivity index (χ4n) is 3.03. The summed E-state index contributed by atoms with van der Waals surface area (Å²) in [4.78, 5) is 37.5. The molecule has 138 valence electrons. The van der Waals surface area contributed by atoms with E-state index < -0.39 is 29.2 Å². The van der Waals surface area contributed by atoms with E-state index in [4.69, 9.17) is 8.83 Å². The number of nitrogens with zero attached hydrogens (tertiary/aromatic N) is 1. The molecule has 0 bridgehead atoms. The summed E-state index contributed by atoms with van der Waals surface area (Å²) in [7, 11) is 0. The molecule has 1 saturated heterocycles. The molecule has 0 radical (unpaired) electrons. The Kier molecular flexibility index (Phi) is 3.55. The van der Waals surface area contributed by atoms with E-state index in [1.807, 2.05) is 0 Å². The van der Waals surface area contributed by atoms with Gasteiger partial charge < -0.3 is 14.2 Å². The Labute approximate surface area is 151 Å². The highest BCUT2D eigenvalue weighted by molar-refractivity contribution is 6.09. The van der Waals surface area contributed by atoms with Gasteiger partial charge in [0.25, 0.3) is 5.91 Å². The minimum atomic E-state index is -1.44. The molecule has 4 amide bonds. The van der Waals surface area contributed by atoms with Crippen LogP contribution in [-0.2, 0) is 10.3 Å². The van der Waals surface area contributed by atoms with Crippen LogP contribution in [0.2, 0.25) is 0 Å². The molecule has 1 atom stereocenters. The second-order valence-corrected chi connectivity index (χ2v) is 6.31. The van der Waals surface area contributed by atoms with Crippen LogP contribution >= 0.6 is 0 Å². The van der Waals surface area contributed by atoms with Gasteiger partial charge in [-0.05, 0) is 44.2 Å². The highest BCUT2D eigenvalue weighted by atomic mass is 19.1. The van der Waals surface area contributed by atoms with Crippen molar-refractivity contribution in [3.63, 3.8) is 0 Å². The van der Waals surface area contributed by atoms with Gasteiger partial charge in [-0.1, -0.05) is 0 Å². The fraction of sp³-hybridized carbons (Fsp3) is 0.167. The van der Waals surface area contributed by atoms with E-state index in [0.29, 0.717) is 21.5 Å². The highest BCUT2D eigenvalue weighted by Crippen LogP contribution is 2.29. The molecular weight excluding hydrogens is 357 g/mol. The number of amides is 4. The molecule has 1 aromatic carbocycles. The summed E-state index contributed by atoms with van der Waals surface area (Å²) in [6, 6.07) is 6.16. The Morgan fingerprint density at radius 3 is 2.78 bits per heavy atom. The number of fused-ring (bicyclic) bond motifs is 1. The number of aryl methyl sites for hydroxylation is 1. The van der Waals surface area contributed by atoms with Crippen LogP contribution < -0.4 is 10.7 Å². The lowest BCUT2D eigenvalue weighted by molar-refractivity contribution is -0.133. The molecule has 3 aromatic rings. The highest BCUT2D eigenvalue weighted by Gasteiger charge is 2.52. The average molecular weight is 371 g/mol. The summed E-state index contributed by atoms with van der Waals surface area (Å²) in [5.41, 5.74) is 1.50. The number of hydrogen-bond donors (Lipinski definition) is 2. The zero-order valence-corrected chi connectivity index (χ0v) is 14.3. The van der Waals surface area contributed by atoms with Crippen LogP contribution in [0.5, 0.6) is 0 Å². The van der Waals surface area contributed by atoms with E-state index in [1.165, 1.54) is 31.4 Å². The van der Waals surface area contributed by atoms with E-state index in [1.54, 1.807) is 19.1 Å². The maximum atomic E-state index is 13.4. The molecule has 0 spiro atoms. The Bertz CT molecular complexity index is 1090. The van der Waals surface area contributed by atoms with Gasteiger partial charge in [0.1, 0.15) is 17.2 Å². The Morgan fingerprint density at radius 2 is 2.07 bits per heavy atom. The molecule has 27 heavy (non-hydrogen) atoms. The Balaban J connectivity index is 1.63. The van der Waals surface area contributed by atoms with E-state index in [-0.39, 0.29) is 11.5 Å². The lowest BCUT2D eigenvalue weighted by Crippen LogP contribution is -2.47. The van der Waals surface area contributed by atoms with E-state index in [2.05, 4.69) is 10.7 Å². The van der Waals surface area contributed by atoms with Crippen molar-refractivity contribution in [3.05, 3.63) is 59.5 Å². The van der Waals surface area contributed by atoms with Gasteiger partial charge in [-0.25, -0.2) is 14.6 Å². The third-order valence-corrected chi connectivity index (χ3v) is 4.52. The lowest BCUT2D eigenvalue weighted by Gasteiger charge is -2.18. The van der Waals surface area contributed by atoms with Gasteiger partial charge >= 0.3 is 11.9 Å². The maximum absolute atomic E-state index is 13.4. The summed E-state index contributed by atoms with van der Waals surface area (Å²) >= 11 is 0. The SMILES string of the molecule is Cc1c(C(=O)NN2C(=O)N[C@](C)(c3ccco3)C2=O)oc2ccc(F)cc12. The first-order valence-corrected chi connectivity index (χ1v) is 8.01. The Hall–Kier alpha value is -3.62. The molecule has 9 heteroatoms. The number of hydrogen-bond acceptors (Lipinski definition) is 5. The second kappa shape index (κ2) is 5.70. The lowest BCUT2D eigenvalue weighted by atomic mass is 10.00. The standard InChI is InChI=1S/C18H14FN3O5/c1-9-11-8-10(19)5-6-12(11)27-14(9)15(23)21-22-16(24)18(2,20-17(22)25)13-4-3-7-26-13/h3-8H,1-2H3,(H,20,25)(H,21,23)/t18-/m1/s1. The first-order valence-electron chi connectivity index (χ1n) is 8.01. The van der Waals surface area contributed by atoms with Crippen LogP contribution in [-0.4, -0.2) is 22.9 Å². The van der Waals surface area contributed by atoms with Gasteiger partial charge in [-0.3, -0.25) is 9.59 Å². The van der Waals surface area contributed by atoms with Crippen LogP contribution in [0.1, 0.15) is 28.8 Å². The first-order chi connectivity index (χ1) is 12.8. The van der Waals surface area contributed by atoms with Gasteiger partial charge in [-0.15, -0.1) is 0 Å². The van der Waals surface area contributed by atoms with Gasteiger partial charge in [0.05, 0.1) is 6.26 Å². The van der Waals surface area contributed by atoms with Crippen molar-refractivity contribution in [1.82, 2.24) is 15.8 Å². The van der Waals surface area contributed by atoms with Crippen molar-refractivity contribution in [2.45, 2.75) is 19.4 Å². The molecule has 1 aliphatic heterocycles. The minimum absolute atomic E-state index is 0.122. The summed E-state index contributed by atoms with van der Waals surface area (Å²) < 4.78 is 24.1.